The van der Waals surface area contributed by atoms with Gasteiger partial charge in [0.2, 0.25) is 0 Å². The average molecular weight is 249 g/mol. The molecule has 0 aliphatic carbocycles. The van der Waals surface area contributed by atoms with E-state index < -0.39 is 5.60 Å². The predicted octanol–water partition coefficient (Wildman–Crippen LogP) is 1.91. The summed E-state index contributed by atoms with van der Waals surface area (Å²) in [6.45, 7) is 6.29. The highest BCUT2D eigenvalue weighted by Gasteiger charge is 2.26. The lowest BCUT2D eigenvalue weighted by Gasteiger charge is -2.28. The van der Waals surface area contributed by atoms with E-state index in [9.17, 15) is 5.11 Å². The minimum atomic E-state index is -0.824. The van der Waals surface area contributed by atoms with Crippen molar-refractivity contribution in [3.63, 3.8) is 0 Å². The molecule has 2 rings (SSSR count). The number of rotatable bonds is 5. The summed E-state index contributed by atoms with van der Waals surface area (Å²) in [5.74, 6) is 0.566. The van der Waals surface area contributed by atoms with Crippen LogP contribution in [0.25, 0.3) is 0 Å². The van der Waals surface area contributed by atoms with Crippen LogP contribution in [-0.4, -0.2) is 30.9 Å². The zero-order valence-corrected chi connectivity index (χ0v) is 11.2. The van der Waals surface area contributed by atoms with Crippen LogP contribution < -0.4 is 5.32 Å². The molecule has 0 saturated carbocycles. The highest BCUT2D eigenvalue weighted by molar-refractivity contribution is 5.21. The van der Waals surface area contributed by atoms with Crippen LogP contribution in [0.3, 0.4) is 0 Å². The number of nitrogens with one attached hydrogen (secondary N) is 1. The minimum absolute atomic E-state index is 0.377. The lowest BCUT2D eigenvalue weighted by Crippen LogP contribution is -2.42. The maximum Gasteiger partial charge on any atom is 0.0992 e. The van der Waals surface area contributed by atoms with Crippen LogP contribution in [0.1, 0.15) is 25.8 Å². The Morgan fingerprint density at radius 1 is 1.44 bits per heavy atom. The second kappa shape index (κ2) is 5.83. The Morgan fingerprint density at radius 3 is 2.78 bits per heavy atom. The topological polar surface area (TPSA) is 41.5 Å². The van der Waals surface area contributed by atoms with Crippen LogP contribution in [-0.2, 0) is 10.3 Å². The van der Waals surface area contributed by atoms with E-state index in [1.165, 1.54) is 0 Å². The first-order valence-corrected chi connectivity index (χ1v) is 6.68. The molecular formula is C15H23NO2. The molecule has 0 radical (unpaired) electrons. The van der Waals surface area contributed by atoms with Gasteiger partial charge >= 0.3 is 0 Å². The van der Waals surface area contributed by atoms with E-state index in [1.54, 1.807) is 0 Å². The van der Waals surface area contributed by atoms with E-state index in [4.69, 9.17) is 4.74 Å². The molecule has 18 heavy (non-hydrogen) atoms. The van der Waals surface area contributed by atoms with E-state index in [0.29, 0.717) is 18.5 Å². The first-order chi connectivity index (χ1) is 8.59. The van der Waals surface area contributed by atoms with E-state index in [2.05, 4.69) is 12.2 Å². The number of ether oxygens (including phenoxy) is 1. The lowest BCUT2D eigenvalue weighted by atomic mass is 9.94. The second-order valence-corrected chi connectivity index (χ2v) is 5.43. The predicted molar refractivity (Wildman–Crippen MR) is 72.4 cm³/mol. The van der Waals surface area contributed by atoms with Gasteiger partial charge in [-0.2, -0.15) is 0 Å². The molecule has 0 aromatic heterocycles. The Balaban J connectivity index is 1.88. The average Bonchev–Trinajstić information content (AvgIpc) is 2.91. The van der Waals surface area contributed by atoms with Crippen molar-refractivity contribution in [2.75, 3.05) is 19.8 Å². The fraction of sp³-hybridized carbons (Fsp3) is 0.600. The monoisotopic (exact) mass is 249 g/mol. The Bertz CT molecular complexity index is 358. The maximum atomic E-state index is 10.5. The third kappa shape index (κ3) is 3.31. The van der Waals surface area contributed by atoms with Crippen molar-refractivity contribution in [1.82, 2.24) is 5.32 Å². The van der Waals surface area contributed by atoms with Gasteiger partial charge in [0.1, 0.15) is 0 Å². The normalized spacial score (nSPS) is 24.7. The van der Waals surface area contributed by atoms with Gasteiger partial charge in [0.05, 0.1) is 12.2 Å². The van der Waals surface area contributed by atoms with Gasteiger partial charge in [0.25, 0.3) is 0 Å². The molecule has 3 unspecified atom stereocenters. The van der Waals surface area contributed by atoms with Gasteiger partial charge in [0, 0.05) is 19.2 Å². The Labute approximate surface area is 109 Å². The molecule has 3 heteroatoms. The Morgan fingerprint density at radius 2 is 2.17 bits per heavy atom. The van der Waals surface area contributed by atoms with Gasteiger partial charge in [0.15, 0.2) is 0 Å². The summed E-state index contributed by atoms with van der Waals surface area (Å²) in [6, 6.07) is 10.2. The third-order valence-electron chi connectivity index (χ3n) is 3.84. The molecule has 0 spiro atoms. The van der Waals surface area contributed by atoms with Crippen LogP contribution in [0, 0.1) is 5.92 Å². The zero-order valence-electron chi connectivity index (χ0n) is 11.2. The van der Waals surface area contributed by atoms with Crippen LogP contribution in [0.4, 0.5) is 0 Å². The summed E-state index contributed by atoms with van der Waals surface area (Å²) in [4.78, 5) is 0. The van der Waals surface area contributed by atoms with Gasteiger partial charge in [-0.05, 0) is 31.7 Å². The molecule has 1 fully saturated rings. The molecular weight excluding hydrogens is 226 g/mol. The molecule has 0 bridgehead atoms. The van der Waals surface area contributed by atoms with Gasteiger partial charge in [-0.3, -0.25) is 0 Å². The number of hydrogen-bond acceptors (Lipinski definition) is 3. The first-order valence-electron chi connectivity index (χ1n) is 6.68. The minimum Gasteiger partial charge on any atom is -0.384 e. The van der Waals surface area contributed by atoms with E-state index in [-0.39, 0.29) is 0 Å². The SMILES string of the molecule is CC(NCC(C)(O)c1ccccc1)C1CCOC1. The molecule has 1 aliphatic rings. The molecule has 1 heterocycles. The molecule has 0 amide bonds. The summed E-state index contributed by atoms with van der Waals surface area (Å²) in [5.41, 5.74) is 0.127. The highest BCUT2D eigenvalue weighted by atomic mass is 16.5. The standard InChI is InChI=1S/C15H23NO2/c1-12(13-8-9-18-10-13)16-11-15(2,17)14-6-4-3-5-7-14/h3-7,12-13,16-17H,8-11H2,1-2H3. The molecule has 3 nitrogen and oxygen atoms in total. The van der Waals surface area contributed by atoms with Crippen molar-refractivity contribution >= 4 is 0 Å². The quantitative estimate of drug-likeness (QED) is 0.837. The smallest absolute Gasteiger partial charge is 0.0992 e. The Kier molecular flexibility index (Phi) is 4.38. The summed E-state index contributed by atoms with van der Waals surface area (Å²) in [7, 11) is 0. The van der Waals surface area contributed by atoms with Crippen LogP contribution >= 0.6 is 0 Å². The molecule has 1 aromatic rings. The van der Waals surface area contributed by atoms with Crippen LogP contribution in [0.15, 0.2) is 30.3 Å². The lowest BCUT2D eigenvalue weighted by molar-refractivity contribution is 0.0515. The summed E-state index contributed by atoms with van der Waals surface area (Å²) < 4.78 is 5.39. The number of benzene rings is 1. The highest BCUT2D eigenvalue weighted by Crippen LogP contribution is 2.21. The van der Waals surface area contributed by atoms with Gasteiger partial charge in [-0.1, -0.05) is 30.3 Å². The molecule has 2 N–H and O–H groups in total. The largest absolute Gasteiger partial charge is 0.384 e. The molecule has 1 aromatic carbocycles. The fourth-order valence-electron chi connectivity index (χ4n) is 2.37. The van der Waals surface area contributed by atoms with Gasteiger partial charge in [-0.15, -0.1) is 0 Å². The maximum absolute atomic E-state index is 10.5. The van der Waals surface area contributed by atoms with Gasteiger partial charge in [-0.25, -0.2) is 0 Å². The van der Waals surface area contributed by atoms with Crippen molar-refractivity contribution in [1.29, 1.82) is 0 Å². The summed E-state index contributed by atoms with van der Waals surface area (Å²) in [5, 5.41) is 13.9. The Hall–Kier alpha value is -0.900. The van der Waals surface area contributed by atoms with E-state index >= 15 is 0 Å². The summed E-state index contributed by atoms with van der Waals surface area (Å²) in [6.07, 6.45) is 1.11. The van der Waals surface area contributed by atoms with E-state index in [0.717, 1.165) is 25.2 Å². The molecule has 1 saturated heterocycles. The number of aliphatic hydroxyl groups is 1. The van der Waals surface area contributed by atoms with Gasteiger partial charge < -0.3 is 15.2 Å². The van der Waals surface area contributed by atoms with Crippen molar-refractivity contribution < 1.29 is 9.84 Å². The second-order valence-electron chi connectivity index (χ2n) is 5.43. The molecule has 100 valence electrons. The van der Waals surface area contributed by atoms with Crippen LogP contribution in [0.2, 0.25) is 0 Å². The zero-order chi connectivity index (χ0) is 13.0. The molecule has 3 atom stereocenters. The van der Waals surface area contributed by atoms with Crippen molar-refractivity contribution in [2.45, 2.75) is 31.9 Å². The van der Waals surface area contributed by atoms with Crippen molar-refractivity contribution in [3.8, 4) is 0 Å². The summed E-state index contributed by atoms with van der Waals surface area (Å²) >= 11 is 0. The fourth-order valence-corrected chi connectivity index (χ4v) is 2.37. The first kappa shape index (κ1) is 13.5. The van der Waals surface area contributed by atoms with E-state index in [1.807, 2.05) is 37.3 Å². The third-order valence-corrected chi connectivity index (χ3v) is 3.84. The van der Waals surface area contributed by atoms with Crippen molar-refractivity contribution in [3.05, 3.63) is 35.9 Å². The number of hydrogen-bond donors (Lipinski definition) is 2. The van der Waals surface area contributed by atoms with Crippen LogP contribution in [0.5, 0.6) is 0 Å². The molecule has 1 aliphatic heterocycles. The van der Waals surface area contributed by atoms with Crippen molar-refractivity contribution in [2.24, 2.45) is 5.92 Å².